The van der Waals surface area contributed by atoms with E-state index in [1.165, 1.54) is 37.7 Å². The molecule has 1 heterocycles. The lowest BCUT2D eigenvalue weighted by atomic mass is 9.95. The normalized spacial score (nSPS) is 15.1. The van der Waals surface area contributed by atoms with E-state index in [9.17, 15) is 4.79 Å². The molecule has 1 aromatic heterocycles. The number of amides is 1. The lowest BCUT2D eigenvalue weighted by molar-refractivity contribution is -0.681. The van der Waals surface area contributed by atoms with Crippen LogP contribution in [0.3, 0.4) is 0 Å². The van der Waals surface area contributed by atoms with Gasteiger partial charge in [0.1, 0.15) is 0 Å². The quantitative estimate of drug-likeness (QED) is 0.677. The van der Waals surface area contributed by atoms with Crippen molar-refractivity contribution >= 4 is 22.5 Å². The first-order chi connectivity index (χ1) is 13.7. The molecule has 1 fully saturated rings. The third-order valence-electron chi connectivity index (χ3n) is 5.90. The summed E-state index contributed by atoms with van der Waals surface area (Å²) in [5, 5.41) is 6.60. The van der Waals surface area contributed by atoms with Crippen LogP contribution in [0.25, 0.3) is 10.9 Å². The summed E-state index contributed by atoms with van der Waals surface area (Å²) >= 11 is 0. The molecule has 1 saturated carbocycles. The van der Waals surface area contributed by atoms with Crippen LogP contribution in [0.15, 0.2) is 24.3 Å². The van der Waals surface area contributed by atoms with Crippen LogP contribution in [0.1, 0.15) is 76.5 Å². The van der Waals surface area contributed by atoms with Crippen molar-refractivity contribution in [3.63, 3.8) is 0 Å². The summed E-state index contributed by atoms with van der Waals surface area (Å²) in [6.07, 6.45) is 11.7. The van der Waals surface area contributed by atoms with Gasteiger partial charge < -0.3 is 10.6 Å². The van der Waals surface area contributed by atoms with Crippen molar-refractivity contribution in [1.29, 1.82) is 0 Å². The molecule has 4 nitrogen and oxygen atoms in total. The van der Waals surface area contributed by atoms with E-state index >= 15 is 0 Å². The van der Waals surface area contributed by atoms with Crippen molar-refractivity contribution in [3.05, 3.63) is 35.5 Å². The molecule has 1 aliphatic rings. The number of unbranched alkanes of at least 4 members (excludes halogenated alkanes) is 1. The molecule has 1 aliphatic carbocycles. The number of hydrogen-bond donors (Lipinski definition) is 2. The maximum atomic E-state index is 12.8. The lowest BCUT2D eigenvalue weighted by Gasteiger charge is -2.20. The second kappa shape index (κ2) is 10.6. The summed E-state index contributed by atoms with van der Waals surface area (Å²) in [6.45, 7) is 4.92. The fourth-order valence-corrected chi connectivity index (χ4v) is 4.35. The number of nitrogens with one attached hydrogen (secondary N) is 1. The van der Waals surface area contributed by atoms with E-state index in [1.807, 2.05) is 12.1 Å². The zero-order valence-electron chi connectivity index (χ0n) is 17.6. The average molecular weight is 383 g/mol. The van der Waals surface area contributed by atoms with Gasteiger partial charge in [-0.15, -0.1) is 0 Å². The number of fused-ring (bicyclic) bond motifs is 1. The van der Waals surface area contributed by atoms with Gasteiger partial charge in [0.2, 0.25) is 0 Å². The second-order valence-electron chi connectivity index (χ2n) is 8.17. The fraction of sp³-hybridized carbons (Fsp3) is 0.583. The molecule has 4 heteroatoms. The van der Waals surface area contributed by atoms with Crippen molar-refractivity contribution in [2.24, 2.45) is 0 Å². The van der Waals surface area contributed by atoms with E-state index in [0.717, 1.165) is 54.4 Å². The Hall–Kier alpha value is -1.94. The Kier molecular flexibility index (Phi) is 7.84. The van der Waals surface area contributed by atoms with Crippen LogP contribution < -0.4 is 10.6 Å². The third-order valence-corrected chi connectivity index (χ3v) is 5.90. The molecule has 1 amide bonds. The Labute approximate surface area is 169 Å². The van der Waals surface area contributed by atoms with Gasteiger partial charge in [-0.25, -0.2) is 0 Å². The molecule has 1 aromatic carbocycles. The number of para-hydroxylation sites is 1. The number of anilines is 1. The first-order valence-electron chi connectivity index (χ1n) is 11.3. The zero-order chi connectivity index (χ0) is 19.8. The number of pyridine rings is 1. The Morgan fingerprint density at radius 3 is 2.64 bits per heavy atom. The number of carbonyl (C=O) groups is 1. The fourth-order valence-electron chi connectivity index (χ4n) is 4.35. The number of rotatable bonds is 9. The van der Waals surface area contributed by atoms with Gasteiger partial charge in [-0.05, 0) is 56.6 Å². The van der Waals surface area contributed by atoms with Crippen molar-refractivity contribution < 1.29 is 10.1 Å². The maximum Gasteiger partial charge on any atom is 0.279 e. The predicted molar refractivity (Wildman–Crippen MR) is 117 cm³/mol. The Bertz CT molecular complexity index is 781. The van der Waals surface area contributed by atoms with E-state index in [0.29, 0.717) is 12.6 Å². The first kappa shape index (κ1) is 20.8. The van der Waals surface area contributed by atoms with Gasteiger partial charge in [0, 0.05) is 11.1 Å². The minimum absolute atomic E-state index is 0.112. The van der Waals surface area contributed by atoms with Crippen molar-refractivity contribution in [3.8, 4) is 0 Å². The number of carbonyl (C=O) groups excluding carboxylic acids is 1. The van der Waals surface area contributed by atoms with Gasteiger partial charge in [0.05, 0.1) is 17.2 Å². The Morgan fingerprint density at radius 1 is 1.11 bits per heavy atom. The molecule has 0 unspecified atom stereocenters. The SMILES string of the molecule is CCCCc1nc2ccccc2c(NC(=O)C[NH2+]C2CCCCC2)c1CCC. The molecule has 0 bridgehead atoms. The zero-order valence-corrected chi connectivity index (χ0v) is 17.6. The lowest BCUT2D eigenvalue weighted by Crippen LogP contribution is -2.91. The standard InChI is InChI=1S/C24H35N3O/c1-3-5-15-21-19(11-4-2)24(20-14-9-10-16-22(20)26-21)27-23(28)17-25-18-12-7-6-8-13-18/h9-10,14,16,18,25H,3-8,11-13,15,17H2,1-2H3,(H,26,27,28)/p+1. The second-order valence-corrected chi connectivity index (χ2v) is 8.17. The molecule has 2 aromatic rings. The van der Waals surface area contributed by atoms with Crippen LogP contribution in [-0.2, 0) is 17.6 Å². The summed E-state index contributed by atoms with van der Waals surface area (Å²) in [5.41, 5.74) is 4.38. The van der Waals surface area contributed by atoms with E-state index in [4.69, 9.17) is 4.98 Å². The Balaban J connectivity index is 1.83. The molecule has 0 spiro atoms. The predicted octanol–water partition coefficient (Wildman–Crippen LogP) is 4.36. The molecule has 28 heavy (non-hydrogen) atoms. The van der Waals surface area contributed by atoms with E-state index < -0.39 is 0 Å². The average Bonchev–Trinajstić information content (AvgIpc) is 2.73. The molecule has 0 aliphatic heterocycles. The topological polar surface area (TPSA) is 58.6 Å². The summed E-state index contributed by atoms with van der Waals surface area (Å²) in [4.78, 5) is 17.8. The van der Waals surface area contributed by atoms with Gasteiger partial charge in [-0.3, -0.25) is 9.78 Å². The minimum atomic E-state index is 0.112. The van der Waals surface area contributed by atoms with Crippen molar-refractivity contribution in [2.75, 3.05) is 11.9 Å². The van der Waals surface area contributed by atoms with Gasteiger partial charge in [0.15, 0.2) is 6.54 Å². The molecular weight excluding hydrogens is 346 g/mol. The Morgan fingerprint density at radius 2 is 1.89 bits per heavy atom. The van der Waals surface area contributed by atoms with Crippen LogP contribution in [0.5, 0.6) is 0 Å². The van der Waals surface area contributed by atoms with Gasteiger partial charge in [-0.1, -0.05) is 51.3 Å². The number of nitrogens with two attached hydrogens (primary N) is 1. The van der Waals surface area contributed by atoms with Crippen LogP contribution in [0.2, 0.25) is 0 Å². The van der Waals surface area contributed by atoms with E-state index in [2.05, 4.69) is 36.6 Å². The number of benzene rings is 1. The van der Waals surface area contributed by atoms with Crippen LogP contribution in [0, 0.1) is 0 Å². The molecule has 3 N–H and O–H groups in total. The van der Waals surface area contributed by atoms with Crippen molar-refractivity contribution in [1.82, 2.24) is 4.98 Å². The highest BCUT2D eigenvalue weighted by molar-refractivity contribution is 6.02. The molecule has 0 atom stereocenters. The number of hydrogen-bond acceptors (Lipinski definition) is 2. The summed E-state index contributed by atoms with van der Waals surface area (Å²) in [5.74, 6) is 0.112. The molecule has 152 valence electrons. The highest BCUT2D eigenvalue weighted by Gasteiger charge is 2.20. The maximum absolute atomic E-state index is 12.8. The third kappa shape index (κ3) is 5.32. The summed E-state index contributed by atoms with van der Waals surface area (Å²) in [6, 6.07) is 8.83. The largest absolute Gasteiger partial charge is 0.336 e. The number of aryl methyl sites for hydroxylation is 1. The highest BCUT2D eigenvalue weighted by Crippen LogP contribution is 2.30. The number of quaternary nitrogens is 1. The number of nitrogens with zero attached hydrogens (tertiary/aromatic N) is 1. The molecular formula is C24H36N3O+. The number of aromatic nitrogens is 1. The van der Waals surface area contributed by atoms with Gasteiger partial charge in [0.25, 0.3) is 5.91 Å². The molecule has 3 rings (SSSR count). The monoisotopic (exact) mass is 382 g/mol. The van der Waals surface area contributed by atoms with Crippen LogP contribution >= 0.6 is 0 Å². The van der Waals surface area contributed by atoms with E-state index in [-0.39, 0.29) is 5.91 Å². The van der Waals surface area contributed by atoms with Gasteiger partial charge >= 0.3 is 0 Å². The summed E-state index contributed by atoms with van der Waals surface area (Å²) < 4.78 is 0. The molecule has 0 saturated heterocycles. The minimum Gasteiger partial charge on any atom is -0.336 e. The van der Waals surface area contributed by atoms with Gasteiger partial charge in [-0.2, -0.15) is 0 Å². The van der Waals surface area contributed by atoms with Crippen molar-refractivity contribution in [2.45, 2.75) is 84.1 Å². The smallest absolute Gasteiger partial charge is 0.279 e. The molecule has 0 radical (unpaired) electrons. The summed E-state index contributed by atoms with van der Waals surface area (Å²) in [7, 11) is 0. The van der Waals surface area contributed by atoms with E-state index in [1.54, 1.807) is 0 Å². The first-order valence-corrected chi connectivity index (χ1v) is 11.3. The highest BCUT2D eigenvalue weighted by atomic mass is 16.1. The van der Waals surface area contributed by atoms with Crippen LogP contribution in [0.4, 0.5) is 5.69 Å². The van der Waals surface area contributed by atoms with Crippen LogP contribution in [-0.4, -0.2) is 23.5 Å².